The molecule has 1 amide bonds. The van der Waals surface area contributed by atoms with Crippen LogP contribution in [0.2, 0.25) is 5.02 Å². The van der Waals surface area contributed by atoms with Crippen LogP contribution >= 0.6 is 11.6 Å². The lowest BCUT2D eigenvalue weighted by molar-refractivity contribution is -0.140. The smallest absolute Gasteiger partial charge is 0.295 e. The van der Waals surface area contributed by atoms with Gasteiger partial charge in [-0.15, -0.1) is 0 Å². The number of benzene rings is 3. The molecule has 0 radical (unpaired) electrons. The van der Waals surface area contributed by atoms with E-state index in [0.717, 1.165) is 18.7 Å². The van der Waals surface area contributed by atoms with E-state index in [0.29, 0.717) is 54.0 Å². The lowest BCUT2D eigenvalue weighted by Crippen LogP contribution is -2.38. The molecule has 0 saturated carbocycles. The van der Waals surface area contributed by atoms with Crippen LogP contribution in [0.1, 0.15) is 43.5 Å². The van der Waals surface area contributed by atoms with Crippen LogP contribution in [0.5, 0.6) is 11.5 Å². The molecule has 1 N–H and O–H groups in total. The molecule has 3 aromatic carbocycles. The normalized spacial score (nSPS) is 16.5. The van der Waals surface area contributed by atoms with Crippen LogP contribution in [0, 0.1) is 0 Å². The molecule has 1 heterocycles. The van der Waals surface area contributed by atoms with E-state index in [1.807, 2.05) is 61.5 Å². The summed E-state index contributed by atoms with van der Waals surface area (Å²) >= 11 is 6.37. The molecular weight excluding hydrogens is 528 g/mol. The fourth-order valence-electron chi connectivity index (χ4n) is 4.81. The van der Waals surface area contributed by atoms with Gasteiger partial charge in [0.05, 0.1) is 23.2 Å². The summed E-state index contributed by atoms with van der Waals surface area (Å²) in [6.07, 6.45) is 0. The average Bonchev–Trinajstić information content (AvgIpc) is 3.23. The second kappa shape index (κ2) is 13.5. The topological polar surface area (TPSA) is 79.3 Å². The first-order valence-corrected chi connectivity index (χ1v) is 14.0. The summed E-state index contributed by atoms with van der Waals surface area (Å²) in [5.41, 5.74) is 2.11. The van der Waals surface area contributed by atoms with Crippen LogP contribution < -0.4 is 9.47 Å². The van der Waals surface area contributed by atoms with Gasteiger partial charge in [-0.1, -0.05) is 67.9 Å². The number of rotatable bonds is 12. The SMILES string of the molecule is CCOc1ccc(/C(O)=C2\C(=O)C(=O)N(CCN(CC)CC)C2c2ccc(OCc3ccccc3)cc2)cc1Cl. The van der Waals surface area contributed by atoms with Gasteiger partial charge in [-0.3, -0.25) is 9.59 Å². The maximum atomic E-state index is 13.4. The van der Waals surface area contributed by atoms with E-state index < -0.39 is 17.7 Å². The number of ketones is 1. The molecule has 1 saturated heterocycles. The molecule has 1 atom stereocenters. The van der Waals surface area contributed by atoms with Crippen molar-refractivity contribution in [3.8, 4) is 11.5 Å². The van der Waals surface area contributed by atoms with Crippen molar-refractivity contribution in [3.05, 3.63) is 100 Å². The van der Waals surface area contributed by atoms with Gasteiger partial charge in [0.1, 0.15) is 23.9 Å². The molecule has 4 rings (SSSR count). The van der Waals surface area contributed by atoms with Crippen LogP contribution in [-0.4, -0.2) is 59.4 Å². The molecule has 7 nitrogen and oxygen atoms in total. The Labute approximate surface area is 240 Å². The van der Waals surface area contributed by atoms with Crippen molar-refractivity contribution in [1.29, 1.82) is 0 Å². The standard InChI is InChI=1S/C32H35ClN2O5/c1-4-34(5-2)18-19-35-29(23-12-15-25(16-13-23)40-21-22-10-8-7-9-11-22)28(31(37)32(35)38)30(36)24-14-17-27(39-6-3)26(33)20-24/h7-17,20,29,36H,4-6,18-19,21H2,1-3H3/b30-28+. The number of aliphatic hydroxyl groups excluding tert-OH is 1. The zero-order chi connectivity index (χ0) is 28.6. The third-order valence-corrected chi connectivity index (χ3v) is 7.34. The highest BCUT2D eigenvalue weighted by Gasteiger charge is 2.46. The van der Waals surface area contributed by atoms with Gasteiger partial charge in [-0.25, -0.2) is 0 Å². The first-order chi connectivity index (χ1) is 19.4. The Kier molecular flexibility index (Phi) is 9.85. The third kappa shape index (κ3) is 6.49. The molecule has 0 aliphatic carbocycles. The Balaban J connectivity index is 1.69. The summed E-state index contributed by atoms with van der Waals surface area (Å²) in [4.78, 5) is 30.4. The van der Waals surface area contributed by atoms with E-state index in [2.05, 4.69) is 18.7 Å². The van der Waals surface area contributed by atoms with E-state index in [1.54, 1.807) is 23.1 Å². The van der Waals surface area contributed by atoms with Crippen LogP contribution in [0.3, 0.4) is 0 Å². The van der Waals surface area contributed by atoms with Gasteiger partial charge in [-0.05, 0) is 61.5 Å². The molecule has 0 aromatic heterocycles. The maximum Gasteiger partial charge on any atom is 0.295 e. The minimum absolute atomic E-state index is 0.0303. The highest BCUT2D eigenvalue weighted by molar-refractivity contribution is 6.46. The van der Waals surface area contributed by atoms with Gasteiger partial charge in [0.25, 0.3) is 11.7 Å². The predicted molar refractivity (Wildman–Crippen MR) is 157 cm³/mol. The third-order valence-electron chi connectivity index (χ3n) is 7.04. The molecule has 0 bridgehead atoms. The molecule has 1 aliphatic rings. The lowest BCUT2D eigenvalue weighted by atomic mass is 9.95. The van der Waals surface area contributed by atoms with Gasteiger partial charge in [0.2, 0.25) is 0 Å². The quantitative estimate of drug-likeness (QED) is 0.164. The van der Waals surface area contributed by atoms with Crippen LogP contribution in [0.4, 0.5) is 0 Å². The number of likely N-dealkylation sites (N-methyl/N-ethyl adjacent to an activating group) is 1. The number of hydrogen-bond acceptors (Lipinski definition) is 6. The summed E-state index contributed by atoms with van der Waals surface area (Å²) < 4.78 is 11.4. The van der Waals surface area contributed by atoms with Gasteiger partial charge >= 0.3 is 0 Å². The summed E-state index contributed by atoms with van der Waals surface area (Å²) in [7, 11) is 0. The van der Waals surface area contributed by atoms with Gasteiger partial charge in [0, 0.05) is 18.7 Å². The second-order valence-electron chi connectivity index (χ2n) is 9.44. The zero-order valence-electron chi connectivity index (χ0n) is 23.1. The molecule has 40 heavy (non-hydrogen) atoms. The second-order valence-corrected chi connectivity index (χ2v) is 9.85. The Morgan fingerprint density at radius 2 is 1.65 bits per heavy atom. The Hall–Kier alpha value is -3.81. The number of amides is 1. The molecule has 8 heteroatoms. The number of carbonyl (C=O) groups is 2. The monoisotopic (exact) mass is 562 g/mol. The predicted octanol–water partition coefficient (Wildman–Crippen LogP) is 6.08. The number of aliphatic hydroxyl groups is 1. The lowest BCUT2D eigenvalue weighted by Gasteiger charge is -2.28. The molecule has 0 spiro atoms. The van der Waals surface area contributed by atoms with E-state index in [-0.39, 0.29) is 11.3 Å². The molecule has 1 fully saturated rings. The Bertz CT molecular complexity index is 1350. The maximum absolute atomic E-state index is 13.4. The zero-order valence-corrected chi connectivity index (χ0v) is 23.9. The summed E-state index contributed by atoms with van der Waals surface area (Å²) in [6.45, 7) is 9.40. The van der Waals surface area contributed by atoms with Crippen molar-refractivity contribution >= 4 is 29.1 Å². The molecular formula is C32H35ClN2O5. The number of halogens is 1. The van der Waals surface area contributed by atoms with Crippen molar-refractivity contribution in [1.82, 2.24) is 9.80 Å². The fourth-order valence-corrected chi connectivity index (χ4v) is 5.04. The minimum atomic E-state index is -0.760. The summed E-state index contributed by atoms with van der Waals surface area (Å²) in [5.74, 6) is -0.506. The van der Waals surface area contributed by atoms with E-state index in [1.165, 1.54) is 0 Å². The van der Waals surface area contributed by atoms with E-state index in [9.17, 15) is 14.7 Å². The Morgan fingerprint density at radius 1 is 0.950 bits per heavy atom. The molecule has 1 unspecified atom stereocenters. The molecule has 210 valence electrons. The van der Waals surface area contributed by atoms with Gasteiger partial charge in [0.15, 0.2) is 0 Å². The average molecular weight is 563 g/mol. The molecule has 3 aromatic rings. The number of ether oxygens (including phenoxy) is 2. The largest absolute Gasteiger partial charge is 0.507 e. The van der Waals surface area contributed by atoms with Crippen molar-refractivity contribution < 1.29 is 24.2 Å². The highest BCUT2D eigenvalue weighted by atomic mass is 35.5. The van der Waals surface area contributed by atoms with Crippen molar-refractivity contribution in [2.45, 2.75) is 33.4 Å². The van der Waals surface area contributed by atoms with Crippen molar-refractivity contribution in [3.63, 3.8) is 0 Å². The van der Waals surface area contributed by atoms with Crippen molar-refractivity contribution in [2.24, 2.45) is 0 Å². The van der Waals surface area contributed by atoms with Gasteiger partial charge < -0.3 is 24.4 Å². The number of carbonyl (C=O) groups excluding carboxylic acids is 2. The first-order valence-electron chi connectivity index (χ1n) is 13.6. The van der Waals surface area contributed by atoms with Crippen LogP contribution in [0.25, 0.3) is 5.76 Å². The highest BCUT2D eigenvalue weighted by Crippen LogP contribution is 2.40. The minimum Gasteiger partial charge on any atom is -0.507 e. The fraction of sp³-hybridized carbons (Fsp3) is 0.312. The van der Waals surface area contributed by atoms with Crippen LogP contribution in [0.15, 0.2) is 78.4 Å². The van der Waals surface area contributed by atoms with Crippen LogP contribution in [-0.2, 0) is 16.2 Å². The number of hydrogen-bond donors (Lipinski definition) is 1. The molecule has 1 aliphatic heterocycles. The summed E-state index contributed by atoms with van der Waals surface area (Å²) in [5, 5.41) is 11.7. The van der Waals surface area contributed by atoms with E-state index >= 15 is 0 Å². The Morgan fingerprint density at radius 3 is 2.27 bits per heavy atom. The van der Waals surface area contributed by atoms with Gasteiger partial charge in [-0.2, -0.15) is 0 Å². The number of Topliss-reactive ketones (excluding diaryl/α,β-unsaturated/α-hetero) is 1. The number of likely N-dealkylation sites (tertiary alicyclic amines) is 1. The van der Waals surface area contributed by atoms with E-state index in [4.69, 9.17) is 21.1 Å². The summed E-state index contributed by atoms with van der Waals surface area (Å²) in [6, 6.07) is 21.2. The van der Waals surface area contributed by atoms with Crippen molar-refractivity contribution in [2.75, 3.05) is 32.8 Å². The number of nitrogens with zero attached hydrogens (tertiary/aromatic N) is 2. The first kappa shape index (κ1) is 29.2.